The second kappa shape index (κ2) is 5.43. The third-order valence-electron chi connectivity index (χ3n) is 1.99. The number of amides is 1. The molecule has 9 heteroatoms. The average Bonchev–Trinajstić information content (AvgIpc) is 2.57. The molecule has 17 heavy (non-hydrogen) atoms. The Kier molecular flexibility index (Phi) is 4.43. The number of hydrogen-bond acceptors (Lipinski definition) is 6. The first-order valence-corrected chi connectivity index (χ1v) is 7.25. The Hall–Kier alpha value is -1.19. The Bertz CT molecular complexity index is 509. The van der Waals surface area contributed by atoms with Crippen LogP contribution in [0.2, 0.25) is 0 Å². The highest BCUT2D eigenvalue weighted by Crippen LogP contribution is 2.18. The van der Waals surface area contributed by atoms with Crippen LogP contribution < -0.4 is 15.8 Å². The molecule has 1 heterocycles. The maximum atomic E-state index is 11.6. The minimum absolute atomic E-state index is 0.0409. The second-order valence-corrected chi connectivity index (χ2v) is 6.32. The molecule has 7 nitrogen and oxygen atoms in total. The van der Waals surface area contributed by atoms with Crippen LogP contribution >= 0.6 is 11.3 Å². The van der Waals surface area contributed by atoms with Gasteiger partial charge in [0.05, 0.1) is 11.4 Å². The van der Waals surface area contributed by atoms with Crippen molar-refractivity contribution >= 4 is 32.4 Å². The zero-order chi connectivity index (χ0) is 13.1. The lowest BCUT2D eigenvalue weighted by molar-refractivity contribution is 0.0959. The quantitative estimate of drug-likeness (QED) is 0.660. The molecule has 0 aliphatic rings. The molecular formula is C8H14N4O3S2. The van der Waals surface area contributed by atoms with Gasteiger partial charge in [-0.15, -0.1) is 0 Å². The molecule has 1 amide bonds. The summed E-state index contributed by atoms with van der Waals surface area (Å²) in [5.74, 6) is -0.522. The first kappa shape index (κ1) is 13.9. The molecule has 1 rings (SSSR count). The van der Waals surface area contributed by atoms with Gasteiger partial charge in [-0.05, 0) is 14.0 Å². The van der Waals surface area contributed by atoms with E-state index in [1.165, 1.54) is 7.05 Å². The predicted octanol–water partition coefficient (Wildman–Crippen LogP) is -0.687. The van der Waals surface area contributed by atoms with E-state index >= 15 is 0 Å². The number of anilines is 1. The molecule has 0 radical (unpaired) electrons. The largest absolute Gasteiger partial charge is 0.375 e. The van der Waals surface area contributed by atoms with Gasteiger partial charge in [-0.2, -0.15) is 0 Å². The smallest absolute Gasteiger partial charge is 0.263 e. The summed E-state index contributed by atoms with van der Waals surface area (Å²) in [6.07, 6.45) is 0. The Morgan fingerprint density at radius 2 is 2.18 bits per heavy atom. The number of nitrogens with zero attached hydrogens (tertiary/aromatic N) is 1. The summed E-state index contributed by atoms with van der Waals surface area (Å²) in [6, 6.07) is 0. The molecule has 4 N–H and O–H groups in total. The van der Waals surface area contributed by atoms with E-state index < -0.39 is 10.0 Å². The molecule has 1 aromatic rings. The second-order valence-electron chi connectivity index (χ2n) is 3.25. The van der Waals surface area contributed by atoms with Crippen molar-refractivity contribution in [2.24, 2.45) is 0 Å². The lowest BCUT2D eigenvalue weighted by Crippen LogP contribution is -2.32. The van der Waals surface area contributed by atoms with Gasteiger partial charge in [0.1, 0.15) is 4.88 Å². The summed E-state index contributed by atoms with van der Waals surface area (Å²) < 4.78 is 24.4. The van der Waals surface area contributed by atoms with Crippen molar-refractivity contribution in [1.29, 1.82) is 0 Å². The third kappa shape index (κ3) is 3.95. The number of sulfonamides is 1. The monoisotopic (exact) mass is 278 g/mol. The van der Waals surface area contributed by atoms with Gasteiger partial charge < -0.3 is 11.1 Å². The van der Waals surface area contributed by atoms with Crippen LogP contribution in [0.1, 0.15) is 15.4 Å². The van der Waals surface area contributed by atoms with Gasteiger partial charge >= 0.3 is 0 Å². The molecule has 1 aromatic heterocycles. The lowest BCUT2D eigenvalue weighted by atomic mass is 10.4. The van der Waals surface area contributed by atoms with Crippen LogP contribution in [-0.4, -0.2) is 38.7 Å². The Morgan fingerprint density at radius 3 is 2.65 bits per heavy atom. The van der Waals surface area contributed by atoms with Crippen molar-refractivity contribution in [3.8, 4) is 0 Å². The number of carbonyl (C=O) groups is 1. The van der Waals surface area contributed by atoms with Crippen LogP contribution in [0.25, 0.3) is 0 Å². The summed E-state index contributed by atoms with van der Waals surface area (Å²) in [4.78, 5) is 16.0. The summed E-state index contributed by atoms with van der Waals surface area (Å²) in [5, 5.41) is 2.82. The van der Waals surface area contributed by atoms with Crippen LogP contribution in [0, 0.1) is 6.92 Å². The number of carbonyl (C=O) groups excluding carboxylic acids is 1. The van der Waals surface area contributed by atoms with E-state index in [-0.39, 0.29) is 18.2 Å². The molecule has 96 valence electrons. The summed E-state index contributed by atoms with van der Waals surface area (Å²) >= 11 is 1.08. The van der Waals surface area contributed by atoms with Gasteiger partial charge in [-0.25, -0.2) is 18.1 Å². The number of aromatic nitrogens is 1. The van der Waals surface area contributed by atoms with Crippen molar-refractivity contribution in [2.75, 3.05) is 25.1 Å². The van der Waals surface area contributed by atoms with Crippen LogP contribution in [-0.2, 0) is 10.0 Å². The highest BCUT2D eigenvalue weighted by molar-refractivity contribution is 7.89. The number of nitrogen functional groups attached to an aromatic ring is 1. The molecule has 0 aliphatic heterocycles. The van der Waals surface area contributed by atoms with Gasteiger partial charge in [0.25, 0.3) is 5.91 Å². The first-order chi connectivity index (χ1) is 7.85. The zero-order valence-electron chi connectivity index (χ0n) is 9.48. The highest BCUT2D eigenvalue weighted by Gasteiger charge is 2.14. The van der Waals surface area contributed by atoms with E-state index in [4.69, 9.17) is 5.73 Å². The minimum atomic E-state index is -3.30. The van der Waals surface area contributed by atoms with E-state index in [0.29, 0.717) is 15.7 Å². The molecule has 0 aromatic carbocycles. The molecule has 0 bridgehead atoms. The lowest BCUT2D eigenvalue weighted by Gasteiger charge is -2.04. The van der Waals surface area contributed by atoms with Gasteiger partial charge in [-0.1, -0.05) is 11.3 Å². The molecule has 0 unspecified atom stereocenters. The fourth-order valence-corrected chi connectivity index (χ4v) is 2.43. The Labute approximate surface area is 103 Å². The number of rotatable bonds is 5. The number of hydrogen-bond donors (Lipinski definition) is 3. The number of aryl methyl sites for hydroxylation is 1. The van der Waals surface area contributed by atoms with Crippen molar-refractivity contribution in [3.63, 3.8) is 0 Å². The van der Waals surface area contributed by atoms with E-state index in [0.717, 1.165) is 11.3 Å². The Morgan fingerprint density at radius 1 is 1.53 bits per heavy atom. The van der Waals surface area contributed by atoms with Crippen LogP contribution in [0.3, 0.4) is 0 Å². The standard InChI is InChI=1S/C8H14N4O3S2/c1-5-6(16-8(9)12-5)7(13)11-3-4-17(14,15)10-2/h10H,3-4H2,1-2H3,(H2,9,12)(H,11,13). The summed E-state index contributed by atoms with van der Waals surface area (Å²) in [7, 11) is -1.98. The topological polar surface area (TPSA) is 114 Å². The van der Waals surface area contributed by atoms with Crippen molar-refractivity contribution in [3.05, 3.63) is 10.6 Å². The van der Waals surface area contributed by atoms with Gasteiger partial charge in [0.2, 0.25) is 10.0 Å². The van der Waals surface area contributed by atoms with Gasteiger partial charge in [0.15, 0.2) is 5.13 Å². The fourth-order valence-electron chi connectivity index (χ4n) is 1.11. The molecule has 0 saturated heterocycles. The SMILES string of the molecule is CNS(=O)(=O)CCNC(=O)c1sc(N)nc1C. The third-order valence-corrected chi connectivity index (χ3v) is 4.34. The van der Waals surface area contributed by atoms with Crippen LogP contribution in [0.4, 0.5) is 5.13 Å². The van der Waals surface area contributed by atoms with E-state index in [1.807, 2.05) is 0 Å². The first-order valence-electron chi connectivity index (χ1n) is 4.78. The van der Waals surface area contributed by atoms with Crippen LogP contribution in [0.5, 0.6) is 0 Å². The van der Waals surface area contributed by atoms with Gasteiger partial charge in [-0.3, -0.25) is 4.79 Å². The Balaban J connectivity index is 2.54. The van der Waals surface area contributed by atoms with Crippen molar-refractivity contribution < 1.29 is 13.2 Å². The molecule has 0 fully saturated rings. The number of nitrogens with one attached hydrogen (secondary N) is 2. The molecule has 0 saturated carbocycles. The normalized spacial score (nSPS) is 11.4. The van der Waals surface area contributed by atoms with Gasteiger partial charge in [0, 0.05) is 6.54 Å². The minimum Gasteiger partial charge on any atom is -0.375 e. The predicted molar refractivity (Wildman–Crippen MR) is 66.4 cm³/mol. The highest BCUT2D eigenvalue weighted by atomic mass is 32.2. The van der Waals surface area contributed by atoms with E-state index in [1.54, 1.807) is 6.92 Å². The zero-order valence-corrected chi connectivity index (χ0v) is 11.1. The molecular weight excluding hydrogens is 264 g/mol. The fraction of sp³-hybridized carbons (Fsp3) is 0.500. The number of thiazole rings is 1. The van der Waals surface area contributed by atoms with Crippen molar-refractivity contribution in [1.82, 2.24) is 15.0 Å². The molecule has 0 spiro atoms. The van der Waals surface area contributed by atoms with Crippen LogP contribution in [0.15, 0.2) is 0 Å². The number of nitrogens with two attached hydrogens (primary N) is 1. The maximum absolute atomic E-state index is 11.6. The van der Waals surface area contributed by atoms with Crippen molar-refractivity contribution in [2.45, 2.75) is 6.92 Å². The average molecular weight is 278 g/mol. The summed E-state index contributed by atoms with van der Waals surface area (Å²) in [6.45, 7) is 1.71. The van der Waals surface area contributed by atoms with E-state index in [9.17, 15) is 13.2 Å². The molecule has 0 aliphatic carbocycles. The molecule has 0 atom stereocenters. The van der Waals surface area contributed by atoms with E-state index in [2.05, 4.69) is 15.0 Å². The summed E-state index contributed by atoms with van der Waals surface area (Å²) in [5.41, 5.74) is 6.00. The maximum Gasteiger partial charge on any atom is 0.263 e.